The lowest BCUT2D eigenvalue weighted by Crippen LogP contribution is -2.28. The molecule has 0 aromatic heterocycles. The molecule has 1 heterocycles. The molecule has 0 spiro atoms. The van der Waals surface area contributed by atoms with Crippen LogP contribution in [0.1, 0.15) is 25.8 Å². The van der Waals surface area contributed by atoms with Gasteiger partial charge in [-0.15, -0.1) is 0 Å². The summed E-state index contributed by atoms with van der Waals surface area (Å²) in [7, 11) is 0. The van der Waals surface area contributed by atoms with Crippen molar-refractivity contribution in [1.82, 2.24) is 0 Å². The summed E-state index contributed by atoms with van der Waals surface area (Å²) in [5.74, 6) is 0.235. The zero-order valence-electron chi connectivity index (χ0n) is 10.4. The summed E-state index contributed by atoms with van der Waals surface area (Å²) in [5.41, 5.74) is 1.12. The van der Waals surface area contributed by atoms with E-state index in [9.17, 15) is 5.11 Å². The second-order valence-electron chi connectivity index (χ2n) is 4.59. The van der Waals surface area contributed by atoms with E-state index in [0.717, 1.165) is 12.0 Å². The van der Waals surface area contributed by atoms with E-state index >= 15 is 0 Å². The smallest absolute Gasteiger partial charge is 0.181 e. The van der Waals surface area contributed by atoms with Crippen molar-refractivity contribution < 1.29 is 14.6 Å². The zero-order valence-corrected chi connectivity index (χ0v) is 10.4. The van der Waals surface area contributed by atoms with Crippen LogP contribution in [0, 0.1) is 5.92 Å². The van der Waals surface area contributed by atoms with Gasteiger partial charge >= 0.3 is 0 Å². The Bertz CT molecular complexity index is 339. The fourth-order valence-corrected chi connectivity index (χ4v) is 2.32. The molecule has 0 saturated carbocycles. The predicted octanol–water partition coefficient (Wildman–Crippen LogP) is 2.34. The Kier molecular flexibility index (Phi) is 4.15. The third-order valence-electron chi connectivity index (χ3n) is 3.39. The first kappa shape index (κ1) is 12.6. The van der Waals surface area contributed by atoms with Gasteiger partial charge in [0.2, 0.25) is 0 Å². The van der Waals surface area contributed by atoms with E-state index in [2.05, 4.69) is 13.8 Å². The van der Waals surface area contributed by atoms with E-state index in [0.29, 0.717) is 6.61 Å². The van der Waals surface area contributed by atoms with Crippen molar-refractivity contribution in [3.05, 3.63) is 35.9 Å². The van der Waals surface area contributed by atoms with Crippen molar-refractivity contribution in [3.63, 3.8) is 0 Å². The number of aliphatic hydroxyl groups is 1. The van der Waals surface area contributed by atoms with Crippen LogP contribution in [-0.2, 0) is 16.1 Å². The van der Waals surface area contributed by atoms with Crippen molar-refractivity contribution in [2.24, 2.45) is 5.92 Å². The van der Waals surface area contributed by atoms with Crippen LogP contribution in [0.3, 0.4) is 0 Å². The summed E-state index contributed by atoms with van der Waals surface area (Å²) in [4.78, 5) is 0. The first-order valence-corrected chi connectivity index (χ1v) is 6.21. The molecule has 0 bridgehead atoms. The lowest BCUT2D eigenvalue weighted by Gasteiger charge is -2.18. The van der Waals surface area contributed by atoms with Gasteiger partial charge in [-0.2, -0.15) is 0 Å². The maximum absolute atomic E-state index is 9.79. The van der Waals surface area contributed by atoms with Gasteiger partial charge in [-0.1, -0.05) is 44.2 Å². The highest BCUT2D eigenvalue weighted by molar-refractivity contribution is 5.13. The minimum Gasteiger partial charge on any atom is -0.368 e. The second-order valence-corrected chi connectivity index (χ2v) is 4.59. The molecule has 3 heteroatoms. The molecule has 94 valence electrons. The Hall–Kier alpha value is -0.900. The van der Waals surface area contributed by atoms with Crippen molar-refractivity contribution in [1.29, 1.82) is 0 Å². The molecule has 1 saturated heterocycles. The summed E-state index contributed by atoms with van der Waals surface area (Å²) >= 11 is 0. The molecule has 1 aliphatic rings. The molecule has 4 atom stereocenters. The number of aliphatic hydroxyl groups excluding tert-OH is 1. The van der Waals surface area contributed by atoms with Crippen LogP contribution >= 0.6 is 0 Å². The summed E-state index contributed by atoms with van der Waals surface area (Å²) in [6, 6.07) is 9.98. The van der Waals surface area contributed by atoms with Gasteiger partial charge in [0, 0.05) is 5.92 Å². The fraction of sp³-hybridized carbons (Fsp3) is 0.571. The van der Waals surface area contributed by atoms with Crippen LogP contribution in [0.4, 0.5) is 0 Å². The zero-order chi connectivity index (χ0) is 12.3. The summed E-state index contributed by atoms with van der Waals surface area (Å²) in [6.07, 6.45) is -0.00624. The molecule has 0 aliphatic carbocycles. The molecule has 1 aliphatic heterocycles. The average molecular weight is 236 g/mol. The second kappa shape index (κ2) is 5.63. The molecule has 17 heavy (non-hydrogen) atoms. The highest BCUT2D eigenvalue weighted by Gasteiger charge is 2.40. The summed E-state index contributed by atoms with van der Waals surface area (Å²) < 4.78 is 11.2. The Morgan fingerprint density at radius 2 is 2.00 bits per heavy atom. The van der Waals surface area contributed by atoms with Gasteiger partial charge in [-0.05, 0) is 12.0 Å². The molecule has 1 aromatic carbocycles. The minimum atomic E-state index is -0.793. The fourth-order valence-electron chi connectivity index (χ4n) is 2.32. The standard InChI is InChI=1S/C14H20O3/c1-3-12-10(2)13(14(15)17-12)16-9-11-7-5-4-6-8-11/h4-8,10,12-15H,3,9H2,1-2H3/t10-,12-,13+,14+/m1/s1. The molecular weight excluding hydrogens is 216 g/mol. The molecule has 1 aromatic rings. The number of hydrogen-bond acceptors (Lipinski definition) is 3. The normalized spacial score (nSPS) is 32.9. The van der Waals surface area contributed by atoms with Crippen LogP contribution in [0.2, 0.25) is 0 Å². The lowest BCUT2D eigenvalue weighted by molar-refractivity contribution is -0.145. The SMILES string of the molecule is CC[C@H]1O[C@H](O)[C@@H](OCc2ccccc2)[C@@H]1C. The van der Waals surface area contributed by atoms with Gasteiger partial charge in [-0.3, -0.25) is 0 Å². The predicted molar refractivity (Wildman–Crippen MR) is 65.4 cm³/mol. The molecule has 1 fully saturated rings. The molecule has 0 amide bonds. The van der Waals surface area contributed by atoms with Crippen LogP contribution in [0.5, 0.6) is 0 Å². The van der Waals surface area contributed by atoms with Crippen molar-refractivity contribution in [2.75, 3.05) is 0 Å². The monoisotopic (exact) mass is 236 g/mol. The van der Waals surface area contributed by atoms with Crippen molar-refractivity contribution in [3.8, 4) is 0 Å². The highest BCUT2D eigenvalue weighted by atomic mass is 16.6. The van der Waals surface area contributed by atoms with E-state index in [1.54, 1.807) is 0 Å². The number of ether oxygens (including phenoxy) is 2. The van der Waals surface area contributed by atoms with Crippen LogP contribution in [0.25, 0.3) is 0 Å². The van der Waals surface area contributed by atoms with Gasteiger partial charge in [0.05, 0.1) is 12.7 Å². The van der Waals surface area contributed by atoms with Gasteiger partial charge in [0.1, 0.15) is 6.10 Å². The Labute approximate surface area is 102 Å². The van der Waals surface area contributed by atoms with Crippen molar-refractivity contribution >= 4 is 0 Å². The van der Waals surface area contributed by atoms with Crippen molar-refractivity contribution in [2.45, 2.75) is 45.4 Å². The van der Waals surface area contributed by atoms with Gasteiger partial charge < -0.3 is 14.6 Å². The first-order chi connectivity index (χ1) is 8.22. The highest BCUT2D eigenvalue weighted by Crippen LogP contribution is 2.30. The molecule has 0 unspecified atom stereocenters. The Morgan fingerprint density at radius 3 is 2.59 bits per heavy atom. The van der Waals surface area contributed by atoms with Gasteiger partial charge in [0.25, 0.3) is 0 Å². The molecule has 1 N–H and O–H groups in total. The lowest BCUT2D eigenvalue weighted by atomic mass is 9.99. The van der Waals surface area contributed by atoms with E-state index in [1.165, 1.54) is 0 Å². The largest absolute Gasteiger partial charge is 0.368 e. The molecule has 0 radical (unpaired) electrons. The molecular formula is C14H20O3. The van der Waals surface area contributed by atoms with E-state index in [1.807, 2.05) is 30.3 Å². The third kappa shape index (κ3) is 2.86. The maximum Gasteiger partial charge on any atom is 0.181 e. The minimum absolute atomic E-state index is 0.103. The van der Waals surface area contributed by atoms with Crippen LogP contribution < -0.4 is 0 Å². The number of rotatable bonds is 4. The Balaban J connectivity index is 1.91. The van der Waals surface area contributed by atoms with Gasteiger partial charge in [0.15, 0.2) is 6.29 Å². The van der Waals surface area contributed by atoms with E-state index in [4.69, 9.17) is 9.47 Å². The molecule has 3 nitrogen and oxygen atoms in total. The summed E-state index contributed by atoms with van der Waals surface area (Å²) in [6.45, 7) is 4.65. The third-order valence-corrected chi connectivity index (χ3v) is 3.39. The topological polar surface area (TPSA) is 38.7 Å². The van der Waals surface area contributed by atoms with Crippen LogP contribution in [0.15, 0.2) is 30.3 Å². The van der Waals surface area contributed by atoms with Crippen LogP contribution in [-0.4, -0.2) is 23.6 Å². The van der Waals surface area contributed by atoms with Gasteiger partial charge in [-0.25, -0.2) is 0 Å². The number of hydrogen-bond donors (Lipinski definition) is 1. The van der Waals surface area contributed by atoms with E-state index < -0.39 is 6.29 Å². The number of benzene rings is 1. The first-order valence-electron chi connectivity index (χ1n) is 6.21. The quantitative estimate of drug-likeness (QED) is 0.872. The average Bonchev–Trinajstić information content (AvgIpc) is 2.63. The maximum atomic E-state index is 9.79. The summed E-state index contributed by atoms with van der Waals surface area (Å²) in [5, 5.41) is 9.79. The molecule has 2 rings (SSSR count). The Morgan fingerprint density at radius 1 is 1.29 bits per heavy atom. The van der Waals surface area contributed by atoms with E-state index in [-0.39, 0.29) is 18.1 Å².